The van der Waals surface area contributed by atoms with E-state index in [0.29, 0.717) is 19.5 Å². The van der Waals surface area contributed by atoms with Gasteiger partial charge >= 0.3 is 12.0 Å². The second kappa shape index (κ2) is 9.40. The molecule has 1 saturated heterocycles. The predicted octanol–water partition coefficient (Wildman–Crippen LogP) is 2.56. The van der Waals surface area contributed by atoms with Gasteiger partial charge in [-0.2, -0.15) is 0 Å². The van der Waals surface area contributed by atoms with Crippen molar-refractivity contribution in [3.8, 4) is 0 Å². The van der Waals surface area contributed by atoms with Crippen LogP contribution in [0.15, 0.2) is 12.1 Å². The first-order valence-corrected chi connectivity index (χ1v) is 9.36. The van der Waals surface area contributed by atoms with E-state index in [1.54, 1.807) is 4.90 Å². The van der Waals surface area contributed by atoms with Crippen LogP contribution in [0.3, 0.4) is 0 Å². The summed E-state index contributed by atoms with van der Waals surface area (Å²) in [6.45, 7) is 8.79. The van der Waals surface area contributed by atoms with Gasteiger partial charge in [0.1, 0.15) is 0 Å². The van der Waals surface area contributed by atoms with Gasteiger partial charge in [0.2, 0.25) is 0 Å². The number of pyridine rings is 1. The minimum atomic E-state index is -0.875. The molecule has 0 radical (unpaired) electrons. The van der Waals surface area contributed by atoms with Crippen molar-refractivity contribution in [2.24, 2.45) is 0 Å². The van der Waals surface area contributed by atoms with Crippen LogP contribution >= 0.6 is 0 Å². The number of carbonyl (C=O) groups excluding carboxylic acids is 1. The minimum absolute atomic E-state index is 0.0265. The smallest absolute Gasteiger partial charge is 0.317 e. The number of anilines is 1. The van der Waals surface area contributed by atoms with E-state index >= 15 is 0 Å². The summed E-state index contributed by atoms with van der Waals surface area (Å²) in [6.07, 6.45) is 2.56. The number of rotatable bonds is 7. The lowest BCUT2D eigenvalue weighted by atomic mass is 10.1. The maximum Gasteiger partial charge on any atom is 0.317 e. The molecule has 2 N–H and O–H groups in total. The Morgan fingerprint density at radius 3 is 2.35 bits per heavy atom. The van der Waals surface area contributed by atoms with Gasteiger partial charge in [-0.1, -0.05) is 19.8 Å². The monoisotopic (exact) mass is 362 g/mol. The van der Waals surface area contributed by atoms with E-state index in [1.807, 2.05) is 13.8 Å². The molecule has 2 rings (SSSR count). The molecule has 26 heavy (non-hydrogen) atoms. The van der Waals surface area contributed by atoms with Crippen molar-refractivity contribution in [2.45, 2.75) is 52.5 Å². The number of hydrogen-bond donors (Lipinski definition) is 2. The SMILES string of the molecule is CCCCC(CC(=O)O)NC(=O)N1CCN(c2cc(C)nc(C)c2)CC1. The van der Waals surface area contributed by atoms with Crippen LogP contribution in [-0.2, 0) is 4.79 Å². The molecule has 0 aliphatic carbocycles. The highest BCUT2D eigenvalue weighted by Crippen LogP contribution is 2.18. The molecule has 0 saturated carbocycles. The molecule has 1 aromatic heterocycles. The van der Waals surface area contributed by atoms with E-state index in [4.69, 9.17) is 5.11 Å². The first kappa shape index (κ1) is 20.0. The van der Waals surface area contributed by atoms with Crippen molar-refractivity contribution < 1.29 is 14.7 Å². The van der Waals surface area contributed by atoms with E-state index in [0.717, 1.165) is 43.0 Å². The Hall–Kier alpha value is -2.31. The lowest BCUT2D eigenvalue weighted by molar-refractivity contribution is -0.137. The van der Waals surface area contributed by atoms with Gasteiger partial charge in [0.25, 0.3) is 0 Å². The van der Waals surface area contributed by atoms with Crippen LogP contribution in [0.5, 0.6) is 0 Å². The van der Waals surface area contributed by atoms with Crippen LogP contribution < -0.4 is 10.2 Å². The fourth-order valence-electron chi connectivity index (χ4n) is 3.32. The second-order valence-corrected chi connectivity index (χ2v) is 6.97. The zero-order valence-electron chi connectivity index (χ0n) is 16.0. The van der Waals surface area contributed by atoms with Crippen LogP contribution in [0.4, 0.5) is 10.5 Å². The summed E-state index contributed by atoms with van der Waals surface area (Å²) in [5.41, 5.74) is 3.13. The summed E-state index contributed by atoms with van der Waals surface area (Å²) in [5.74, 6) is -0.875. The highest BCUT2D eigenvalue weighted by molar-refractivity contribution is 5.76. The van der Waals surface area contributed by atoms with Gasteiger partial charge in [-0.05, 0) is 32.4 Å². The molecule has 0 aromatic carbocycles. The Kier molecular flexibility index (Phi) is 7.24. The molecule has 7 heteroatoms. The highest BCUT2D eigenvalue weighted by atomic mass is 16.4. The number of aliphatic carboxylic acids is 1. The van der Waals surface area contributed by atoms with E-state index < -0.39 is 5.97 Å². The highest BCUT2D eigenvalue weighted by Gasteiger charge is 2.24. The maximum absolute atomic E-state index is 12.5. The topological polar surface area (TPSA) is 85.8 Å². The molecule has 1 aliphatic rings. The van der Waals surface area contributed by atoms with Crippen molar-refractivity contribution in [3.05, 3.63) is 23.5 Å². The van der Waals surface area contributed by atoms with Gasteiger partial charge in [-0.3, -0.25) is 9.78 Å². The van der Waals surface area contributed by atoms with Crippen molar-refractivity contribution >= 4 is 17.7 Å². The molecule has 0 spiro atoms. The molecule has 2 amide bonds. The van der Waals surface area contributed by atoms with Crippen molar-refractivity contribution in [1.82, 2.24) is 15.2 Å². The minimum Gasteiger partial charge on any atom is -0.481 e. The number of unbranched alkanes of at least 4 members (excludes halogenated alkanes) is 1. The third kappa shape index (κ3) is 5.89. The third-order valence-electron chi connectivity index (χ3n) is 4.65. The molecular formula is C19H30N4O3. The fraction of sp³-hybridized carbons (Fsp3) is 0.632. The number of carboxylic acid groups (broad SMARTS) is 1. The largest absolute Gasteiger partial charge is 0.481 e. The average molecular weight is 362 g/mol. The summed E-state index contributed by atoms with van der Waals surface area (Å²) in [6, 6.07) is 3.67. The van der Waals surface area contributed by atoms with Gasteiger partial charge in [-0.15, -0.1) is 0 Å². The Balaban J connectivity index is 1.89. The summed E-state index contributed by atoms with van der Waals surface area (Å²) < 4.78 is 0. The molecule has 1 atom stereocenters. The predicted molar refractivity (Wildman–Crippen MR) is 102 cm³/mol. The van der Waals surface area contributed by atoms with Crippen LogP contribution in [0, 0.1) is 13.8 Å². The van der Waals surface area contributed by atoms with Gasteiger partial charge in [0.15, 0.2) is 0 Å². The van der Waals surface area contributed by atoms with Gasteiger partial charge in [0, 0.05) is 49.3 Å². The lowest BCUT2D eigenvalue weighted by Crippen LogP contribution is -2.53. The molecule has 2 heterocycles. The Bertz CT molecular complexity index is 607. The number of piperazine rings is 1. The molecule has 144 valence electrons. The average Bonchev–Trinajstić information content (AvgIpc) is 2.58. The van der Waals surface area contributed by atoms with Crippen LogP contribution in [-0.4, -0.2) is 59.2 Å². The number of aromatic nitrogens is 1. The van der Waals surface area contributed by atoms with Gasteiger partial charge < -0.3 is 20.2 Å². The quantitative estimate of drug-likeness (QED) is 0.779. The first-order valence-electron chi connectivity index (χ1n) is 9.36. The molecule has 0 bridgehead atoms. The Morgan fingerprint density at radius 2 is 1.81 bits per heavy atom. The number of nitrogens with zero attached hydrogens (tertiary/aromatic N) is 3. The number of urea groups is 1. The van der Waals surface area contributed by atoms with E-state index in [1.165, 1.54) is 0 Å². The number of carbonyl (C=O) groups is 2. The molecule has 1 aromatic rings. The van der Waals surface area contributed by atoms with Crippen molar-refractivity contribution in [1.29, 1.82) is 0 Å². The fourth-order valence-corrected chi connectivity index (χ4v) is 3.32. The number of carboxylic acids is 1. The van der Waals surface area contributed by atoms with Crippen molar-refractivity contribution in [3.63, 3.8) is 0 Å². The second-order valence-electron chi connectivity index (χ2n) is 6.97. The van der Waals surface area contributed by atoms with Crippen LogP contribution in [0.25, 0.3) is 0 Å². The van der Waals surface area contributed by atoms with Gasteiger partial charge in [-0.25, -0.2) is 4.79 Å². The summed E-state index contributed by atoms with van der Waals surface area (Å²) in [7, 11) is 0. The zero-order chi connectivity index (χ0) is 19.1. The first-order chi connectivity index (χ1) is 12.4. The Labute approximate surface area is 155 Å². The Morgan fingerprint density at radius 1 is 1.19 bits per heavy atom. The summed E-state index contributed by atoms with van der Waals surface area (Å²) >= 11 is 0. The zero-order valence-corrected chi connectivity index (χ0v) is 16.0. The maximum atomic E-state index is 12.5. The van der Waals surface area contributed by atoms with Crippen LogP contribution in [0.2, 0.25) is 0 Å². The number of amides is 2. The lowest BCUT2D eigenvalue weighted by Gasteiger charge is -2.37. The number of nitrogens with one attached hydrogen (secondary N) is 1. The van der Waals surface area contributed by atoms with Crippen LogP contribution in [0.1, 0.15) is 44.0 Å². The van der Waals surface area contributed by atoms with Gasteiger partial charge in [0.05, 0.1) is 6.42 Å². The van der Waals surface area contributed by atoms with E-state index in [9.17, 15) is 9.59 Å². The summed E-state index contributed by atoms with van der Waals surface area (Å²) in [4.78, 5) is 31.9. The number of aryl methyl sites for hydroxylation is 2. The number of hydrogen-bond acceptors (Lipinski definition) is 4. The molecular weight excluding hydrogens is 332 g/mol. The molecule has 1 fully saturated rings. The van der Waals surface area contributed by atoms with E-state index in [-0.39, 0.29) is 18.5 Å². The molecule has 1 unspecified atom stereocenters. The third-order valence-corrected chi connectivity index (χ3v) is 4.65. The molecule has 7 nitrogen and oxygen atoms in total. The standard InChI is InChI=1S/C19H30N4O3/c1-4-5-6-16(13-18(24)25)21-19(26)23-9-7-22(8-10-23)17-11-14(2)20-15(3)12-17/h11-12,16H,4-10,13H2,1-3H3,(H,21,26)(H,24,25). The summed E-state index contributed by atoms with van der Waals surface area (Å²) in [5, 5.41) is 11.9. The normalized spacial score (nSPS) is 15.7. The van der Waals surface area contributed by atoms with E-state index in [2.05, 4.69) is 34.3 Å². The van der Waals surface area contributed by atoms with Crippen molar-refractivity contribution in [2.75, 3.05) is 31.1 Å². The molecule has 1 aliphatic heterocycles.